The second-order valence-electron chi connectivity index (χ2n) is 7.66. The maximum Gasteiger partial charge on any atom is 0.271 e. The van der Waals surface area contributed by atoms with Crippen molar-refractivity contribution in [2.45, 2.75) is 26.7 Å². The Bertz CT molecular complexity index is 1300. The van der Waals surface area contributed by atoms with E-state index in [4.69, 9.17) is 21.3 Å². The molecule has 34 heavy (non-hydrogen) atoms. The number of aliphatic imine (C=N–C) groups is 1. The number of nitrogens with zero attached hydrogens (tertiary/aromatic N) is 2. The van der Waals surface area contributed by atoms with Crippen molar-refractivity contribution in [3.8, 4) is 11.5 Å². The number of benzene rings is 3. The summed E-state index contributed by atoms with van der Waals surface area (Å²) in [5.74, 6) is -0.0410. The Hall–Kier alpha value is -3.22. The minimum absolute atomic E-state index is 0.0741. The zero-order chi connectivity index (χ0) is 24.2. The number of ether oxygens (including phenoxy) is 1. The molecule has 0 aliphatic carbocycles. The molecular formula is C27H25ClN2O3S. The number of methoxy groups -OCH3 is 1. The summed E-state index contributed by atoms with van der Waals surface area (Å²) in [6.45, 7) is 4.14. The average Bonchev–Trinajstić information content (AvgIpc) is 3.15. The number of phenolic OH excluding ortho intramolecular Hbond substituents is 1. The third-order valence-electron chi connectivity index (χ3n) is 5.58. The second-order valence-corrected chi connectivity index (χ2v) is 9.10. The lowest BCUT2D eigenvalue weighted by molar-refractivity contribution is -0.113. The highest BCUT2D eigenvalue weighted by atomic mass is 35.5. The zero-order valence-electron chi connectivity index (χ0n) is 19.2. The maximum atomic E-state index is 13.7. The summed E-state index contributed by atoms with van der Waals surface area (Å²) in [6.07, 6.45) is 3.23. The fraction of sp³-hybridized carbons (Fsp3) is 0.185. The number of carbonyl (C=O) groups is 1. The van der Waals surface area contributed by atoms with E-state index in [-0.39, 0.29) is 17.4 Å². The maximum absolute atomic E-state index is 13.7. The molecule has 174 valence electrons. The van der Waals surface area contributed by atoms with Crippen LogP contribution in [0.4, 0.5) is 11.4 Å². The van der Waals surface area contributed by atoms with Gasteiger partial charge in [0.1, 0.15) is 0 Å². The lowest BCUT2D eigenvalue weighted by Crippen LogP contribution is -2.29. The number of thioether (sulfide) groups is 1. The van der Waals surface area contributed by atoms with Crippen LogP contribution in [0.5, 0.6) is 11.5 Å². The number of hydrogen-bond donors (Lipinski definition) is 1. The summed E-state index contributed by atoms with van der Waals surface area (Å²) in [5, 5.41) is 11.6. The molecule has 0 atom stereocenters. The van der Waals surface area contributed by atoms with Gasteiger partial charge in [-0.05, 0) is 60.0 Å². The van der Waals surface area contributed by atoms with Crippen LogP contribution in [0.15, 0.2) is 70.6 Å². The Morgan fingerprint density at radius 3 is 2.44 bits per heavy atom. The van der Waals surface area contributed by atoms with Gasteiger partial charge in [0.2, 0.25) is 0 Å². The van der Waals surface area contributed by atoms with Gasteiger partial charge in [0.05, 0.1) is 23.4 Å². The molecule has 4 rings (SSSR count). The van der Waals surface area contributed by atoms with Crippen LogP contribution in [-0.2, 0) is 17.6 Å². The molecule has 0 unspecified atom stereocenters. The lowest BCUT2D eigenvalue weighted by atomic mass is 10.1. The van der Waals surface area contributed by atoms with Crippen LogP contribution >= 0.6 is 23.4 Å². The van der Waals surface area contributed by atoms with Crippen molar-refractivity contribution >= 4 is 51.9 Å². The third kappa shape index (κ3) is 4.69. The topological polar surface area (TPSA) is 62.1 Å². The van der Waals surface area contributed by atoms with E-state index < -0.39 is 0 Å². The van der Waals surface area contributed by atoms with Gasteiger partial charge < -0.3 is 9.84 Å². The van der Waals surface area contributed by atoms with E-state index in [1.54, 1.807) is 17.0 Å². The fourth-order valence-electron chi connectivity index (χ4n) is 3.81. The summed E-state index contributed by atoms with van der Waals surface area (Å²) < 4.78 is 5.21. The van der Waals surface area contributed by atoms with E-state index >= 15 is 0 Å². The van der Waals surface area contributed by atoms with Gasteiger partial charge in [0, 0.05) is 16.7 Å². The number of anilines is 1. The summed E-state index contributed by atoms with van der Waals surface area (Å²) in [7, 11) is 1.46. The second kappa shape index (κ2) is 10.4. The fourth-order valence-corrected chi connectivity index (χ4v) is 5.01. The normalized spacial score (nSPS) is 16.0. The molecule has 3 aromatic carbocycles. The first-order chi connectivity index (χ1) is 16.5. The Morgan fingerprint density at radius 1 is 1.06 bits per heavy atom. The van der Waals surface area contributed by atoms with Crippen LogP contribution < -0.4 is 9.64 Å². The number of para-hydroxylation sites is 2. The van der Waals surface area contributed by atoms with Crippen LogP contribution in [0.25, 0.3) is 6.08 Å². The van der Waals surface area contributed by atoms with E-state index in [1.807, 2.05) is 48.5 Å². The smallest absolute Gasteiger partial charge is 0.271 e. The first-order valence-electron chi connectivity index (χ1n) is 11.0. The van der Waals surface area contributed by atoms with E-state index in [2.05, 4.69) is 13.8 Å². The molecule has 0 saturated carbocycles. The molecule has 1 saturated heterocycles. The highest BCUT2D eigenvalue weighted by Gasteiger charge is 2.36. The van der Waals surface area contributed by atoms with Gasteiger partial charge in [-0.3, -0.25) is 9.69 Å². The molecule has 3 aromatic rings. The number of hydrogen-bond acceptors (Lipinski definition) is 5. The number of amides is 1. The van der Waals surface area contributed by atoms with Crippen LogP contribution in [0, 0.1) is 0 Å². The van der Waals surface area contributed by atoms with E-state index in [0.717, 1.165) is 35.3 Å². The lowest BCUT2D eigenvalue weighted by Gasteiger charge is -2.19. The molecule has 0 radical (unpaired) electrons. The first-order valence-corrected chi connectivity index (χ1v) is 12.2. The van der Waals surface area contributed by atoms with Crippen molar-refractivity contribution in [2.24, 2.45) is 4.99 Å². The molecule has 0 spiro atoms. The largest absolute Gasteiger partial charge is 0.504 e. The van der Waals surface area contributed by atoms with E-state index in [0.29, 0.717) is 20.7 Å². The van der Waals surface area contributed by atoms with Crippen LogP contribution in [0.3, 0.4) is 0 Å². The van der Waals surface area contributed by atoms with Crippen molar-refractivity contribution in [3.05, 3.63) is 87.3 Å². The SMILES string of the molecule is CCc1ccccc1N=C1S/C(=C\c2cc(Cl)cc(OC)c2O)C(=O)N1c1ccccc1CC. The highest BCUT2D eigenvalue weighted by Crippen LogP contribution is 2.41. The molecule has 7 heteroatoms. The molecule has 0 bridgehead atoms. The first kappa shape index (κ1) is 23.9. The van der Waals surface area contributed by atoms with Crippen molar-refractivity contribution in [2.75, 3.05) is 12.0 Å². The number of rotatable bonds is 6. The predicted molar refractivity (Wildman–Crippen MR) is 141 cm³/mol. The number of aromatic hydroxyl groups is 1. The minimum Gasteiger partial charge on any atom is -0.504 e. The Balaban J connectivity index is 1.87. The van der Waals surface area contributed by atoms with Crippen LogP contribution in [-0.4, -0.2) is 23.3 Å². The third-order valence-corrected chi connectivity index (χ3v) is 6.77. The van der Waals surface area contributed by atoms with Gasteiger partial charge in [-0.15, -0.1) is 0 Å². The van der Waals surface area contributed by atoms with Gasteiger partial charge in [0.15, 0.2) is 16.7 Å². The summed E-state index contributed by atoms with van der Waals surface area (Å²) in [5.41, 5.74) is 4.17. The van der Waals surface area contributed by atoms with Crippen molar-refractivity contribution in [3.63, 3.8) is 0 Å². The standard InChI is InChI=1S/C27H25ClN2O3S/c1-4-17-10-6-8-12-21(17)29-27-30(22-13-9-7-11-18(22)5-2)26(32)24(34-27)15-19-14-20(28)16-23(33-3)25(19)31/h6-16,31H,4-5H2,1-3H3/b24-15-,29-27?. The Labute approximate surface area is 208 Å². The molecule has 1 aliphatic rings. The molecule has 1 heterocycles. The van der Waals surface area contributed by atoms with E-state index in [1.165, 1.54) is 24.9 Å². The number of amidine groups is 1. The predicted octanol–water partition coefficient (Wildman–Crippen LogP) is 6.99. The van der Waals surface area contributed by atoms with Crippen molar-refractivity contribution < 1.29 is 14.6 Å². The van der Waals surface area contributed by atoms with Gasteiger partial charge >= 0.3 is 0 Å². The highest BCUT2D eigenvalue weighted by molar-refractivity contribution is 8.19. The molecule has 1 N–H and O–H groups in total. The Kier molecular flexibility index (Phi) is 7.29. The molecule has 1 amide bonds. The summed E-state index contributed by atoms with van der Waals surface area (Å²) in [4.78, 5) is 20.7. The van der Waals surface area contributed by atoms with Crippen LogP contribution in [0.2, 0.25) is 5.02 Å². The quantitative estimate of drug-likeness (QED) is 0.377. The summed E-state index contributed by atoms with van der Waals surface area (Å²) >= 11 is 7.48. The Morgan fingerprint density at radius 2 is 1.74 bits per heavy atom. The van der Waals surface area contributed by atoms with E-state index in [9.17, 15) is 9.90 Å². The monoisotopic (exact) mass is 492 g/mol. The van der Waals surface area contributed by atoms with Gasteiger partial charge in [-0.25, -0.2) is 4.99 Å². The van der Waals surface area contributed by atoms with Crippen molar-refractivity contribution in [1.29, 1.82) is 0 Å². The number of carbonyl (C=O) groups excluding carboxylic acids is 1. The van der Waals surface area contributed by atoms with Crippen molar-refractivity contribution in [1.82, 2.24) is 0 Å². The average molecular weight is 493 g/mol. The molecule has 5 nitrogen and oxygen atoms in total. The molecule has 1 aliphatic heterocycles. The number of halogens is 1. The van der Waals surface area contributed by atoms with Gasteiger partial charge in [-0.2, -0.15) is 0 Å². The molecular weight excluding hydrogens is 468 g/mol. The van der Waals surface area contributed by atoms with Crippen LogP contribution in [0.1, 0.15) is 30.5 Å². The molecule has 1 fully saturated rings. The summed E-state index contributed by atoms with van der Waals surface area (Å²) in [6, 6.07) is 18.9. The molecule has 0 aromatic heterocycles. The zero-order valence-corrected chi connectivity index (χ0v) is 20.8. The van der Waals surface area contributed by atoms with Gasteiger partial charge in [0.25, 0.3) is 5.91 Å². The number of phenols is 1. The minimum atomic E-state index is -0.211. The van der Waals surface area contributed by atoms with Gasteiger partial charge in [-0.1, -0.05) is 61.8 Å². The number of aryl methyl sites for hydroxylation is 2.